The summed E-state index contributed by atoms with van der Waals surface area (Å²) in [6.45, 7) is 4.81. The van der Waals surface area contributed by atoms with E-state index in [0.717, 1.165) is 10.7 Å². The first-order valence-corrected chi connectivity index (χ1v) is 5.94. The Balaban J connectivity index is 2.64. The van der Waals surface area contributed by atoms with Gasteiger partial charge in [-0.25, -0.2) is 0 Å². The molecule has 0 atom stereocenters. The van der Waals surface area contributed by atoms with Crippen molar-refractivity contribution >= 4 is 17.3 Å². The molecule has 1 rings (SSSR count). The van der Waals surface area contributed by atoms with Crippen LogP contribution in [0.4, 0.5) is 0 Å². The molecule has 0 aliphatic carbocycles. The molecule has 0 spiro atoms. The van der Waals surface area contributed by atoms with E-state index in [0.29, 0.717) is 18.2 Å². The summed E-state index contributed by atoms with van der Waals surface area (Å²) < 4.78 is 0. The van der Waals surface area contributed by atoms with E-state index in [1.807, 2.05) is 30.1 Å². The molecule has 0 saturated carbocycles. The van der Waals surface area contributed by atoms with E-state index in [9.17, 15) is 0 Å². The average Bonchev–Trinajstić information content (AvgIpc) is 2.28. The second-order valence-electron chi connectivity index (χ2n) is 4.27. The molecule has 0 fully saturated rings. The monoisotopic (exact) mass is 247 g/mol. The van der Waals surface area contributed by atoms with Crippen LogP contribution < -0.4 is 5.32 Å². The third-order valence-electron chi connectivity index (χ3n) is 2.23. The summed E-state index contributed by atoms with van der Waals surface area (Å²) in [5.41, 5.74) is 1.76. The van der Waals surface area contributed by atoms with Gasteiger partial charge in [0, 0.05) is 19.6 Å². The van der Waals surface area contributed by atoms with Crippen molar-refractivity contribution in [1.82, 2.24) is 10.2 Å². The predicted molar refractivity (Wildman–Crippen MR) is 73.5 cm³/mol. The van der Waals surface area contributed by atoms with E-state index in [4.69, 9.17) is 17.5 Å². The highest BCUT2D eigenvalue weighted by Gasteiger charge is 2.06. The van der Waals surface area contributed by atoms with Crippen molar-refractivity contribution in [2.45, 2.75) is 26.4 Å². The third-order valence-corrected chi connectivity index (χ3v) is 2.66. The van der Waals surface area contributed by atoms with E-state index >= 15 is 0 Å². The minimum absolute atomic E-state index is 0.329. The smallest absolute Gasteiger partial charge is 0.169 e. The van der Waals surface area contributed by atoms with Crippen molar-refractivity contribution in [1.29, 1.82) is 5.26 Å². The maximum Gasteiger partial charge on any atom is 0.169 e. The first-order valence-electron chi connectivity index (χ1n) is 5.53. The Morgan fingerprint density at radius 2 is 2.24 bits per heavy atom. The fraction of sp³-hybridized carbons (Fsp3) is 0.385. The highest BCUT2D eigenvalue weighted by molar-refractivity contribution is 7.80. The molecule has 90 valence electrons. The van der Waals surface area contributed by atoms with Crippen LogP contribution in [-0.4, -0.2) is 23.1 Å². The van der Waals surface area contributed by atoms with Crippen LogP contribution in [-0.2, 0) is 6.54 Å². The van der Waals surface area contributed by atoms with Gasteiger partial charge in [0.25, 0.3) is 0 Å². The van der Waals surface area contributed by atoms with Gasteiger partial charge >= 0.3 is 0 Å². The fourth-order valence-corrected chi connectivity index (χ4v) is 1.74. The van der Waals surface area contributed by atoms with Gasteiger partial charge in [-0.3, -0.25) is 0 Å². The highest BCUT2D eigenvalue weighted by atomic mass is 32.1. The Bertz CT molecular complexity index is 435. The molecule has 0 bridgehead atoms. The summed E-state index contributed by atoms with van der Waals surface area (Å²) in [7, 11) is 1.94. The topological polar surface area (TPSA) is 39.1 Å². The van der Waals surface area contributed by atoms with Crippen LogP contribution in [0.25, 0.3) is 0 Å². The lowest BCUT2D eigenvalue weighted by atomic mass is 10.1. The van der Waals surface area contributed by atoms with Gasteiger partial charge in [0.15, 0.2) is 5.11 Å². The van der Waals surface area contributed by atoms with E-state index in [1.54, 1.807) is 6.07 Å². The second kappa shape index (κ2) is 6.21. The van der Waals surface area contributed by atoms with Gasteiger partial charge in [0.2, 0.25) is 0 Å². The summed E-state index contributed by atoms with van der Waals surface area (Å²) in [5.74, 6) is 0. The van der Waals surface area contributed by atoms with Crippen molar-refractivity contribution in [3.8, 4) is 6.07 Å². The molecule has 0 aliphatic heterocycles. The number of benzene rings is 1. The second-order valence-corrected chi connectivity index (χ2v) is 4.66. The molecular weight excluding hydrogens is 230 g/mol. The lowest BCUT2D eigenvalue weighted by Gasteiger charge is -2.22. The maximum absolute atomic E-state index is 8.82. The molecule has 0 aliphatic rings. The van der Waals surface area contributed by atoms with Crippen LogP contribution in [0.15, 0.2) is 24.3 Å². The Morgan fingerprint density at radius 3 is 2.82 bits per heavy atom. The molecule has 0 aromatic heterocycles. The van der Waals surface area contributed by atoms with Crippen LogP contribution >= 0.6 is 12.2 Å². The number of thiocarbonyl (C=S) groups is 1. The van der Waals surface area contributed by atoms with Crippen molar-refractivity contribution in [3.05, 3.63) is 35.4 Å². The van der Waals surface area contributed by atoms with Gasteiger partial charge in [-0.2, -0.15) is 5.26 Å². The van der Waals surface area contributed by atoms with Gasteiger partial charge in [0.05, 0.1) is 11.6 Å². The summed E-state index contributed by atoms with van der Waals surface area (Å²) in [5, 5.41) is 12.7. The van der Waals surface area contributed by atoms with Gasteiger partial charge < -0.3 is 10.2 Å². The molecule has 1 aromatic carbocycles. The fourth-order valence-electron chi connectivity index (χ4n) is 1.44. The first kappa shape index (κ1) is 13.5. The first-order chi connectivity index (χ1) is 8.02. The van der Waals surface area contributed by atoms with Crippen LogP contribution in [0.5, 0.6) is 0 Å². The van der Waals surface area contributed by atoms with Gasteiger partial charge in [-0.15, -0.1) is 0 Å². The summed E-state index contributed by atoms with van der Waals surface area (Å²) in [6.07, 6.45) is 0. The largest absolute Gasteiger partial charge is 0.360 e. The Labute approximate surface area is 108 Å². The summed E-state index contributed by atoms with van der Waals surface area (Å²) in [4.78, 5) is 1.96. The van der Waals surface area contributed by atoms with Crippen LogP contribution in [0.2, 0.25) is 0 Å². The number of nitrogens with zero attached hydrogens (tertiary/aromatic N) is 2. The number of nitriles is 1. The Morgan fingerprint density at radius 1 is 1.53 bits per heavy atom. The molecule has 4 heteroatoms. The third kappa shape index (κ3) is 4.41. The van der Waals surface area contributed by atoms with Gasteiger partial charge in [-0.1, -0.05) is 12.1 Å². The Hall–Kier alpha value is -1.60. The SMILES string of the molecule is CC(C)NC(=S)N(C)Cc1cccc(C#N)c1. The van der Waals surface area contributed by atoms with E-state index in [1.165, 1.54) is 0 Å². The van der Waals surface area contributed by atoms with E-state index in [2.05, 4.69) is 25.2 Å². The minimum atomic E-state index is 0.329. The zero-order valence-corrected chi connectivity index (χ0v) is 11.2. The van der Waals surface area contributed by atoms with Crippen molar-refractivity contribution in [2.24, 2.45) is 0 Å². The normalized spacial score (nSPS) is 9.82. The molecule has 1 aromatic rings. The van der Waals surface area contributed by atoms with Gasteiger partial charge in [-0.05, 0) is 43.8 Å². The van der Waals surface area contributed by atoms with E-state index in [-0.39, 0.29) is 0 Å². The standard InChI is InChI=1S/C13H17N3S/c1-10(2)15-13(17)16(3)9-12-6-4-5-11(7-12)8-14/h4-7,10H,9H2,1-3H3,(H,15,17). The van der Waals surface area contributed by atoms with Crippen LogP contribution in [0.3, 0.4) is 0 Å². The number of hydrogen-bond acceptors (Lipinski definition) is 2. The molecule has 0 radical (unpaired) electrons. The number of nitrogens with one attached hydrogen (secondary N) is 1. The molecular formula is C13H17N3S. The van der Waals surface area contributed by atoms with Crippen molar-refractivity contribution in [3.63, 3.8) is 0 Å². The molecule has 0 heterocycles. The van der Waals surface area contributed by atoms with Crippen LogP contribution in [0, 0.1) is 11.3 Å². The minimum Gasteiger partial charge on any atom is -0.360 e. The molecule has 0 unspecified atom stereocenters. The summed E-state index contributed by atoms with van der Waals surface area (Å²) in [6, 6.07) is 10.0. The van der Waals surface area contributed by atoms with Gasteiger partial charge in [0.1, 0.15) is 0 Å². The number of rotatable bonds is 3. The highest BCUT2D eigenvalue weighted by Crippen LogP contribution is 2.07. The molecule has 0 saturated heterocycles. The Kier molecular flexibility index (Phi) is 4.92. The molecule has 3 nitrogen and oxygen atoms in total. The average molecular weight is 247 g/mol. The molecule has 17 heavy (non-hydrogen) atoms. The zero-order chi connectivity index (χ0) is 12.8. The maximum atomic E-state index is 8.82. The summed E-state index contributed by atoms with van der Waals surface area (Å²) >= 11 is 5.26. The van der Waals surface area contributed by atoms with Crippen LogP contribution in [0.1, 0.15) is 25.0 Å². The zero-order valence-electron chi connectivity index (χ0n) is 10.4. The number of hydrogen-bond donors (Lipinski definition) is 1. The molecule has 1 N–H and O–H groups in total. The lowest BCUT2D eigenvalue weighted by Crippen LogP contribution is -2.40. The van der Waals surface area contributed by atoms with Crippen molar-refractivity contribution in [2.75, 3.05) is 7.05 Å². The van der Waals surface area contributed by atoms with Crippen molar-refractivity contribution < 1.29 is 0 Å². The quantitative estimate of drug-likeness (QED) is 0.832. The van der Waals surface area contributed by atoms with E-state index < -0.39 is 0 Å². The molecule has 0 amide bonds. The lowest BCUT2D eigenvalue weighted by molar-refractivity contribution is 0.480. The predicted octanol–water partition coefficient (Wildman–Crippen LogP) is 2.27.